The van der Waals surface area contributed by atoms with E-state index in [-0.39, 0.29) is 18.0 Å². The van der Waals surface area contributed by atoms with Crippen LogP contribution in [-0.4, -0.2) is 24.8 Å². The van der Waals surface area contributed by atoms with Crippen molar-refractivity contribution in [2.75, 3.05) is 13.3 Å². The minimum atomic E-state index is -0.210. The number of aliphatic imine (C=N–C) groups is 1. The first-order chi connectivity index (χ1) is 9.22. The number of nitrogens with zero attached hydrogens (tertiary/aromatic N) is 1. The van der Waals surface area contributed by atoms with Crippen LogP contribution in [0.3, 0.4) is 0 Å². The van der Waals surface area contributed by atoms with Gasteiger partial charge in [0.1, 0.15) is 5.78 Å². The standard InChI is InChI=1S/C14H14ClNO3/c15-12(7-16-10-2-3-11(17)6-10)9-1-4-13-14(5-9)19-8-18-13/h1,4-5,12H,2-3,6-8H2. The van der Waals surface area contributed by atoms with Gasteiger partial charge >= 0.3 is 0 Å². The van der Waals surface area contributed by atoms with E-state index in [0.717, 1.165) is 29.2 Å². The molecule has 5 heteroatoms. The lowest BCUT2D eigenvalue weighted by molar-refractivity contribution is -0.116. The van der Waals surface area contributed by atoms with Gasteiger partial charge in [-0.2, -0.15) is 0 Å². The van der Waals surface area contributed by atoms with Gasteiger partial charge in [0, 0.05) is 18.6 Å². The van der Waals surface area contributed by atoms with Crippen LogP contribution >= 0.6 is 11.6 Å². The zero-order valence-electron chi connectivity index (χ0n) is 10.4. The third kappa shape index (κ3) is 2.73. The van der Waals surface area contributed by atoms with Gasteiger partial charge in [0.05, 0.1) is 11.9 Å². The van der Waals surface area contributed by atoms with Crippen molar-refractivity contribution >= 4 is 23.1 Å². The van der Waals surface area contributed by atoms with E-state index < -0.39 is 0 Å². The van der Waals surface area contributed by atoms with Crippen molar-refractivity contribution in [2.45, 2.75) is 24.6 Å². The average Bonchev–Trinajstić information content (AvgIpc) is 3.03. The first kappa shape index (κ1) is 12.5. The number of hydrogen-bond acceptors (Lipinski definition) is 4. The Morgan fingerprint density at radius 1 is 1.26 bits per heavy atom. The second-order valence-electron chi connectivity index (χ2n) is 4.70. The molecule has 3 rings (SSSR count). The van der Waals surface area contributed by atoms with Crippen molar-refractivity contribution in [1.82, 2.24) is 0 Å². The quantitative estimate of drug-likeness (QED) is 0.799. The topological polar surface area (TPSA) is 47.9 Å². The molecule has 1 unspecified atom stereocenters. The highest BCUT2D eigenvalue weighted by Crippen LogP contribution is 2.35. The smallest absolute Gasteiger partial charge is 0.231 e. The summed E-state index contributed by atoms with van der Waals surface area (Å²) in [5.74, 6) is 1.75. The molecule has 1 aliphatic heterocycles. The molecule has 1 saturated carbocycles. The van der Waals surface area contributed by atoms with Crippen LogP contribution in [0.4, 0.5) is 0 Å². The highest BCUT2D eigenvalue weighted by molar-refractivity contribution is 6.21. The van der Waals surface area contributed by atoms with E-state index in [2.05, 4.69) is 4.99 Å². The SMILES string of the molecule is O=C1CCC(=NCC(Cl)c2ccc3c(c2)OCO3)C1. The summed E-state index contributed by atoms with van der Waals surface area (Å²) in [6.45, 7) is 0.750. The van der Waals surface area contributed by atoms with Crippen molar-refractivity contribution < 1.29 is 14.3 Å². The molecule has 1 fully saturated rings. The zero-order valence-corrected chi connectivity index (χ0v) is 11.2. The van der Waals surface area contributed by atoms with Gasteiger partial charge in [-0.1, -0.05) is 6.07 Å². The van der Waals surface area contributed by atoms with E-state index in [4.69, 9.17) is 21.1 Å². The first-order valence-electron chi connectivity index (χ1n) is 6.30. The van der Waals surface area contributed by atoms with E-state index in [1.807, 2.05) is 18.2 Å². The van der Waals surface area contributed by atoms with E-state index >= 15 is 0 Å². The third-order valence-corrected chi connectivity index (χ3v) is 3.72. The summed E-state index contributed by atoms with van der Waals surface area (Å²) >= 11 is 6.33. The first-order valence-corrected chi connectivity index (χ1v) is 6.73. The molecular weight excluding hydrogens is 266 g/mol. The van der Waals surface area contributed by atoms with E-state index in [0.29, 0.717) is 19.4 Å². The zero-order chi connectivity index (χ0) is 13.2. The summed E-state index contributed by atoms with van der Waals surface area (Å²) in [6.07, 6.45) is 1.89. The van der Waals surface area contributed by atoms with Gasteiger partial charge in [-0.15, -0.1) is 11.6 Å². The fourth-order valence-corrected chi connectivity index (χ4v) is 2.45. The van der Waals surface area contributed by atoms with Gasteiger partial charge in [-0.3, -0.25) is 9.79 Å². The summed E-state index contributed by atoms with van der Waals surface area (Å²) < 4.78 is 10.6. The molecule has 0 aromatic heterocycles. The Morgan fingerprint density at radius 3 is 2.89 bits per heavy atom. The van der Waals surface area contributed by atoms with Crippen molar-refractivity contribution in [2.24, 2.45) is 4.99 Å². The molecule has 0 N–H and O–H groups in total. The fraction of sp³-hybridized carbons (Fsp3) is 0.429. The number of ketones is 1. The molecule has 0 spiro atoms. The molecule has 1 heterocycles. The largest absolute Gasteiger partial charge is 0.454 e. The molecule has 0 saturated heterocycles. The van der Waals surface area contributed by atoms with Crippen LogP contribution in [0.25, 0.3) is 0 Å². The predicted octanol–water partition coefficient (Wildman–Crippen LogP) is 2.89. The maximum Gasteiger partial charge on any atom is 0.231 e. The molecule has 0 radical (unpaired) electrons. The van der Waals surface area contributed by atoms with Crippen LogP contribution in [0.15, 0.2) is 23.2 Å². The number of carbonyl (C=O) groups excluding carboxylic acids is 1. The minimum Gasteiger partial charge on any atom is -0.454 e. The Hall–Kier alpha value is -1.55. The number of fused-ring (bicyclic) bond motifs is 1. The summed E-state index contributed by atoms with van der Waals surface area (Å²) in [6, 6.07) is 5.67. The number of halogens is 1. The molecule has 1 aromatic carbocycles. The Balaban J connectivity index is 1.67. The molecule has 0 bridgehead atoms. The van der Waals surface area contributed by atoms with Crippen LogP contribution in [0.5, 0.6) is 11.5 Å². The summed E-state index contributed by atoms with van der Waals surface area (Å²) in [5, 5.41) is -0.210. The van der Waals surface area contributed by atoms with Crippen molar-refractivity contribution in [3.63, 3.8) is 0 Å². The Kier molecular flexibility index (Phi) is 3.42. The van der Waals surface area contributed by atoms with Crippen LogP contribution in [-0.2, 0) is 4.79 Å². The molecule has 2 aliphatic rings. The highest BCUT2D eigenvalue weighted by Gasteiger charge is 2.19. The van der Waals surface area contributed by atoms with Gasteiger partial charge in [0.2, 0.25) is 6.79 Å². The van der Waals surface area contributed by atoms with Crippen LogP contribution in [0.1, 0.15) is 30.2 Å². The van der Waals surface area contributed by atoms with Gasteiger partial charge in [-0.25, -0.2) is 0 Å². The normalized spacial score (nSPS) is 21.1. The van der Waals surface area contributed by atoms with Crippen molar-refractivity contribution in [1.29, 1.82) is 0 Å². The van der Waals surface area contributed by atoms with Crippen LogP contribution in [0.2, 0.25) is 0 Å². The van der Waals surface area contributed by atoms with Gasteiger partial charge in [0.15, 0.2) is 11.5 Å². The molecule has 100 valence electrons. The van der Waals surface area contributed by atoms with Crippen LogP contribution in [0, 0.1) is 0 Å². The number of alkyl halides is 1. The monoisotopic (exact) mass is 279 g/mol. The molecule has 4 nitrogen and oxygen atoms in total. The number of ether oxygens (including phenoxy) is 2. The lowest BCUT2D eigenvalue weighted by Gasteiger charge is -2.08. The summed E-state index contributed by atoms with van der Waals surface area (Å²) in [7, 11) is 0. The maximum atomic E-state index is 11.2. The maximum absolute atomic E-state index is 11.2. The fourth-order valence-electron chi connectivity index (χ4n) is 2.25. The van der Waals surface area contributed by atoms with Crippen molar-refractivity contribution in [3.05, 3.63) is 23.8 Å². The van der Waals surface area contributed by atoms with E-state index in [9.17, 15) is 4.79 Å². The van der Waals surface area contributed by atoms with Gasteiger partial charge < -0.3 is 9.47 Å². The van der Waals surface area contributed by atoms with Gasteiger partial charge in [-0.05, 0) is 24.1 Å². The number of carbonyl (C=O) groups is 1. The lowest BCUT2D eigenvalue weighted by atomic mass is 10.1. The highest BCUT2D eigenvalue weighted by atomic mass is 35.5. The summed E-state index contributed by atoms with van der Waals surface area (Å²) in [5.41, 5.74) is 1.93. The molecule has 1 atom stereocenters. The van der Waals surface area contributed by atoms with E-state index in [1.165, 1.54) is 0 Å². The Labute approximate surface area is 116 Å². The predicted molar refractivity (Wildman–Crippen MR) is 72.3 cm³/mol. The third-order valence-electron chi connectivity index (χ3n) is 3.33. The molecule has 1 aliphatic carbocycles. The second-order valence-corrected chi connectivity index (χ2v) is 5.23. The summed E-state index contributed by atoms with van der Waals surface area (Å²) in [4.78, 5) is 15.6. The van der Waals surface area contributed by atoms with E-state index in [1.54, 1.807) is 0 Å². The van der Waals surface area contributed by atoms with Crippen LogP contribution < -0.4 is 9.47 Å². The number of benzene rings is 1. The van der Waals surface area contributed by atoms with Gasteiger partial charge in [0.25, 0.3) is 0 Å². The second kappa shape index (κ2) is 5.21. The Bertz CT molecular complexity index is 541. The number of rotatable bonds is 3. The molecule has 1 aromatic rings. The number of hydrogen-bond donors (Lipinski definition) is 0. The lowest BCUT2D eigenvalue weighted by Crippen LogP contribution is -2.00. The minimum absolute atomic E-state index is 0.210. The molecule has 19 heavy (non-hydrogen) atoms. The molecule has 0 amide bonds. The Morgan fingerprint density at radius 2 is 2.11 bits per heavy atom. The van der Waals surface area contributed by atoms with Crippen molar-refractivity contribution in [3.8, 4) is 11.5 Å². The number of Topliss-reactive ketones (excluding diaryl/α,β-unsaturated/α-hetero) is 1. The molecular formula is C14H14ClNO3. The average molecular weight is 280 g/mol.